The van der Waals surface area contributed by atoms with E-state index in [1.165, 1.54) is 12.8 Å². The Kier molecular flexibility index (Phi) is 5.34. The second kappa shape index (κ2) is 8.15. The number of hydrogen-bond acceptors (Lipinski definition) is 3. The molecule has 6 heteroatoms. The van der Waals surface area contributed by atoms with E-state index in [0.29, 0.717) is 12.2 Å². The van der Waals surface area contributed by atoms with Gasteiger partial charge in [-0.05, 0) is 61.4 Å². The highest BCUT2D eigenvalue weighted by Gasteiger charge is 2.40. The number of anilines is 1. The molecule has 1 atom stereocenters. The van der Waals surface area contributed by atoms with Crippen molar-refractivity contribution in [3.63, 3.8) is 0 Å². The van der Waals surface area contributed by atoms with Crippen LogP contribution in [0.25, 0.3) is 10.2 Å². The van der Waals surface area contributed by atoms with Gasteiger partial charge in [0.25, 0.3) is 5.91 Å². The monoisotopic (exact) mass is 435 g/mol. The van der Waals surface area contributed by atoms with Gasteiger partial charge in [-0.1, -0.05) is 37.8 Å². The predicted octanol–water partition coefficient (Wildman–Crippen LogP) is 5.19. The van der Waals surface area contributed by atoms with Crippen LogP contribution in [0.2, 0.25) is 0 Å². The first-order valence-corrected chi connectivity index (χ1v) is 12.2. The van der Waals surface area contributed by atoms with E-state index in [1.807, 2.05) is 54.1 Å². The van der Waals surface area contributed by atoms with Gasteiger partial charge in [0.2, 0.25) is 5.91 Å². The van der Waals surface area contributed by atoms with Crippen LogP contribution in [0, 0.1) is 13.8 Å². The number of carbonyl (C=O) groups is 2. The van der Waals surface area contributed by atoms with Gasteiger partial charge < -0.3 is 9.88 Å². The topological polar surface area (TPSA) is 54.3 Å². The van der Waals surface area contributed by atoms with Crippen molar-refractivity contribution in [3.05, 3.63) is 52.5 Å². The summed E-state index contributed by atoms with van der Waals surface area (Å²) >= 11 is 1.63. The summed E-state index contributed by atoms with van der Waals surface area (Å²) in [6, 6.07) is 9.78. The van der Waals surface area contributed by atoms with Gasteiger partial charge in [-0.2, -0.15) is 0 Å². The number of rotatable bonds is 3. The van der Waals surface area contributed by atoms with Gasteiger partial charge in [0.15, 0.2) is 0 Å². The molecule has 5 rings (SSSR count). The Balaban J connectivity index is 1.55. The van der Waals surface area contributed by atoms with E-state index in [9.17, 15) is 9.59 Å². The van der Waals surface area contributed by atoms with Gasteiger partial charge in [0.05, 0.1) is 16.8 Å². The number of aromatic nitrogens is 1. The summed E-state index contributed by atoms with van der Waals surface area (Å²) in [5, 5.41) is 5.35. The van der Waals surface area contributed by atoms with Crippen molar-refractivity contribution in [1.29, 1.82) is 0 Å². The van der Waals surface area contributed by atoms with E-state index in [1.54, 1.807) is 16.2 Å². The zero-order valence-corrected chi connectivity index (χ0v) is 19.0. The summed E-state index contributed by atoms with van der Waals surface area (Å²) in [6.07, 6.45) is 6.86. The van der Waals surface area contributed by atoms with E-state index in [4.69, 9.17) is 0 Å². The molecule has 1 aromatic carbocycles. The summed E-state index contributed by atoms with van der Waals surface area (Å²) in [6.45, 7) is 4.51. The maximum atomic E-state index is 13.7. The van der Waals surface area contributed by atoms with Crippen molar-refractivity contribution in [1.82, 2.24) is 9.88 Å². The van der Waals surface area contributed by atoms with Crippen molar-refractivity contribution in [2.24, 2.45) is 0 Å². The number of benzene rings is 1. The third-order valence-electron chi connectivity index (χ3n) is 6.76. The second-order valence-electron chi connectivity index (χ2n) is 8.99. The van der Waals surface area contributed by atoms with Gasteiger partial charge in [-0.3, -0.25) is 14.5 Å². The van der Waals surface area contributed by atoms with Crippen LogP contribution in [-0.4, -0.2) is 28.5 Å². The molecule has 1 aliphatic carbocycles. The van der Waals surface area contributed by atoms with E-state index in [2.05, 4.69) is 5.32 Å². The Morgan fingerprint density at radius 3 is 2.61 bits per heavy atom. The van der Waals surface area contributed by atoms with E-state index in [-0.39, 0.29) is 17.9 Å². The van der Waals surface area contributed by atoms with E-state index in [0.717, 1.165) is 52.7 Å². The molecular formula is C25H29N3O2S. The molecule has 0 bridgehead atoms. The van der Waals surface area contributed by atoms with Crippen LogP contribution >= 0.6 is 11.3 Å². The van der Waals surface area contributed by atoms with Crippen LogP contribution in [0.1, 0.15) is 60.1 Å². The van der Waals surface area contributed by atoms with E-state index >= 15 is 0 Å². The minimum absolute atomic E-state index is 0.0381. The molecule has 0 spiro atoms. The second-order valence-corrected chi connectivity index (χ2v) is 9.94. The third kappa shape index (κ3) is 3.67. The first kappa shape index (κ1) is 20.3. The average Bonchev–Trinajstić information content (AvgIpc) is 3.24. The molecular weight excluding hydrogens is 406 g/mol. The summed E-state index contributed by atoms with van der Waals surface area (Å²) < 4.78 is 3.13. The van der Waals surface area contributed by atoms with Gasteiger partial charge in [-0.15, -0.1) is 11.3 Å². The lowest BCUT2D eigenvalue weighted by atomic mass is 10.0. The van der Waals surface area contributed by atoms with Gasteiger partial charge in [-0.25, -0.2) is 0 Å². The van der Waals surface area contributed by atoms with Gasteiger partial charge >= 0.3 is 0 Å². The number of amides is 2. The Hall–Kier alpha value is -2.60. The minimum Gasteiger partial charge on any atom is -0.352 e. The highest BCUT2D eigenvalue weighted by Crippen LogP contribution is 2.34. The number of carbonyl (C=O) groups excluding carboxylic acids is 2. The molecule has 0 radical (unpaired) electrons. The lowest BCUT2D eigenvalue weighted by Crippen LogP contribution is -2.57. The predicted molar refractivity (Wildman–Crippen MR) is 126 cm³/mol. The molecule has 1 aliphatic heterocycles. The number of nitrogens with zero attached hydrogens (tertiary/aromatic N) is 2. The van der Waals surface area contributed by atoms with Crippen LogP contribution in [0.5, 0.6) is 0 Å². The van der Waals surface area contributed by atoms with Crippen LogP contribution in [0.4, 0.5) is 5.69 Å². The molecule has 3 aromatic rings. The zero-order chi connectivity index (χ0) is 21.5. The summed E-state index contributed by atoms with van der Waals surface area (Å²) in [5.41, 5.74) is 4.63. The summed E-state index contributed by atoms with van der Waals surface area (Å²) in [4.78, 5) is 29.1. The maximum absolute atomic E-state index is 13.7. The van der Waals surface area contributed by atoms with Crippen molar-refractivity contribution in [2.75, 3.05) is 4.90 Å². The van der Waals surface area contributed by atoms with Crippen LogP contribution < -0.4 is 10.2 Å². The normalized spacial score (nSPS) is 20.0. The van der Waals surface area contributed by atoms with Gasteiger partial charge in [0, 0.05) is 11.7 Å². The Morgan fingerprint density at radius 1 is 1.06 bits per heavy atom. The highest BCUT2D eigenvalue weighted by atomic mass is 32.1. The molecule has 1 N–H and O–H groups in total. The summed E-state index contributed by atoms with van der Waals surface area (Å²) in [7, 11) is 0. The van der Waals surface area contributed by atoms with E-state index < -0.39 is 6.04 Å². The third-order valence-corrected chi connectivity index (χ3v) is 7.61. The molecule has 1 unspecified atom stereocenters. The van der Waals surface area contributed by atoms with Gasteiger partial charge in [0.1, 0.15) is 11.7 Å². The first-order valence-electron chi connectivity index (χ1n) is 11.3. The lowest BCUT2D eigenvalue weighted by Gasteiger charge is -2.37. The molecule has 0 saturated heterocycles. The molecule has 2 amide bonds. The molecule has 31 heavy (non-hydrogen) atoms. The van der Waals surface area contributed by atoms with Crippen molar-refractivity contribution >= 4 is 39.1 Å². The SMILES string of the molecule is Cc1ccc(C)c(N2C(=O)c3cc4sccc4n3CC2C(=O)NC2CCCCCC2)c1. The standard InChI is InChI=1S/C25H29N3O2S/c1-16-9-10-17(2)20(13-16)28-22(24(29)26-18-7-5-3-4-6-8-18)15-27-19-11-12-31-23(19)14-21(27)25(28)30/h9-14,18,22H,3-8,15H2,1-2H3,(H,26,29). The first-order chi connectivity index (χ1) is 15.0. The average molecular weight is 436 g/mol. The van der Waals surface area contributed by atoms with Crippen LogP contribution in [0.3, 0.4) is 0 Å². The Morgan fingerprint density at radius 2 is 1.84 bits per heavy atom. The lowest BCUT2D eigenvalue weighted by molar-refractivity contribution is -0.123. The number of fused-ring (bicyclic) bond motifs is 3. The number of aryl methyl sites for hydroxylation is 2. The fraction of sp³-hybridized carbons (Fsp3) is 0.440. The van der Waals surface area contributed by atoms with Crippen molar-refractivity contribution in [3.8, 4) is 0 Å². The molecule has 5 nitrogen and oxygen atoms in total. The zero-order valence-electron chi connectivity index (χ0n) is 18.2. The molecule has 162 valence electrons. The fourth-order valence-electron chi connectivity index (χ4n) is 5.05. The molecule has 2 aliphatic rings. The number of hydrogen-bond donors (Lipinski definition) is 1. The summed E-state index contributed by atoms with van der Waals surface area (Å²) in [5.74, 6) is -0.131. The number of thiophene rings is 1. The van der Waals surface area contributed by atoms with Crippen molar-refractivity contribution < 1.29 is 9.59 Å². The minimum atomic E-state index is -0.556. The van der Waals surface area contributed by atoms with Crippen molar-refractivity contribution in [2.45, 2.75) is 71.0 Å². The number of nitrogens with one attached hydrogen (secondary N) is 1. The maximum Gasteiger partial charge on any atom is 0.275 e. The quantitative estimate of drug-likeness (QED) is 0.576. The molecule has 1 saturated carbocycles. The van der Waals surface area contributed by atoms with Crippen LogP contribution in [0.15, 0.2) is 35.7 Å². The Labute approximate surface area is 187 Å². The fourth-order valence-corrected chi connectivity index (χ4v) is 5.87. The highest BCUT2D eigenvalue weighted by molar-refractivity contribution is 7.17. The Bertz CT molecular complexity index is 1140. The van der Waals surface area contributed by atoms with Crippen LogP contribution in [-0.2, 0) is 11.3 Å². The largest absolute Gasteiger partial charge is 0.352 e. The molecule has 3 heterocycles. The molecule has 1 fully saturated rings. The molecule has 2 aromatic heterocycles. The smallest absolute Gasteiger partial charge is 0.275 e.